The Bertz CT molecular complexity index is 463. The summed E-state index contributed by atoms with van der Waals surface area (Å²) in [5.74, 6) is -0.400. The molecule has 6 heteroatoms. The summed E-state index contributed by atoms with van der Waals surface area (Å²) in [4.78, 5) is 13.2. The molecule has 1 aliphatic rings. The van der Waals surface area contributed by atoms with E-state index in [2.05, 4.69) is 0 Å². The van der Waals surface area contributed by atoms with Crippen molar-refractivity contribution in [3.63, 3.8) is 0 Å². The summed E-state index contributed by atoms with van der Waals surface area (Å²) in [6.45, 7) is 0.993. The van der Waals surface area contributed by atoms with Gasteiger partial charge in [-0.2, -0.15) is 13.2 Å². The molecule has 110 valence electrons. The summed E-state index contributed by atoms with van der Waals surface area (Å²) in [6.07, 6.45) is -5.37. The van der Waals surface area contributed by atoms with Crippen LogP contribution < -0.4 is 0 Å². The lowest BCUT2D eigenvalue weighted by molar-refractivity contribution is -0.142. The summed E-state index contributed by atoms with van der Waals surface area (Å²) >= 11 is 0. The molecule has 0 atom stereocenters. The van der Waals surface area contributed by atoms with Crippen molar-refractivity contribution in [3.8, 4) is 0 Å². The molecule has 1 aliphatic heterocycles. The van der Waals surface area contributed by atoms with Crippen molar-refractivity contribution < 1.29 is 22.4 Å². The molecule has 1 aromatic rings. The third-order valence-electron chi connectivity index (χ3n) is 3.43. The maximum atomic E-state index is 12.8. The van der Waals surface area contributed by atoms with E-state index >= 15 is 0 Å². The lowest BCUT2D eigenvalue weighted by Crippen LogP contribution is -2.48. The quantitative estimate of drug-likeness (QED) is 0.777. The molecule has 1 saturated heterocycles. The molecule has 1 amide bonds. The summed E-state index contributed by atoms with van der Waals surface area (Å²) < 4.78 is 48.6. The predicted octanol–water partition coefficient (Wildman–Crippen LogP) is 3.48. The van der Waals surface area contributed by atoms with Crippen LogP contribution in [0, 0.1) is 5.82 Å². The number of benzene rings is 1. The average Bonchev–Trinajstić information content (AvgIpc) is 2.28. The number of halogens is 4. The number of nitrogens with zero attached hydrogens (tertiary/aromatic N) is 1. The standard InChI is InChI=1S/C14H15F4NO/c15-12-5-3-10(4-6-12)11-8-19(9-11)13(20)2-1-7-14(16,17)18/h3-6,11H,1-2,7-9H2. The first-order valence-corrected chi connectivity index (χ1v) is 6.45. The molecule has 2 nitrogen and oxygen atoms in total. The fraction of sp³-hybridized carbons (Fsp3) is 0.500. The van der Waals surface area contributed by atoms with Crippen LogP contribution in [-0.4, -0.2) is 30.1 Å². The van der Waals surface area contributed by atoms with Crippen molar-refractivity contribution >= 4 is 5.91 Å². The van der Waals surface area contributed by atoms with Crippen LogP contribution in [0.4, 0.5) is 17.6 Å². The highest BCUT2D eigenvalue weighted by molar-refractivity contribution is 5.77. The Kier molecular flexibility index (Phi) is 4.30. The minimum atomic E-state index is -4.20. The largest absolute Gasteiger partial charge is 0.389 e. The number of hydrogen-bond donors (Lipinski definition) is 0. The van der Waals surface area contributed by atoms with E-state index in [0.717, 1.165) is 5.56 Å². The number of amides is 1. The molecule has 0 spiro atoms. The van der Waals surface area contributed by atoms with Crippen LogP contribution in [0.3, 0.4) is 0 Å². The van der Waals surface area contributed by atoms with E-state index in [9.17, 15) is 22.4 Å². The maximum absolute atomic E-state index is 12.8. The van der Waals surface area contributed by atoms with Crippen molar-refractivity contribution in [2.24, 2.45) is 0 Å². The van der Waals surface area contributed by atoms with Crippen LogP contribution in [0.1, 0.15) is 30.7 Å². The van der Waals surface area contributed by atoms with Gasteiger partial charge in [0.05, 0.1) is 0 Å². The van der Waals surface area contributed by atoms with Gasteiger partial charge in [-0.15, -0.1) is 0 Å². The van der Waals surface area contributed by atoms with Gasteiger partial charge < -0.3 is 4.90 Å². The second kappa shape index (κ2) is 5.81. The molecule has 0 radical (unpaired) electrons. The number of likely N-dealkylation sites (tertiary alicyclic amines) is 1. The minimum Gasteiger partial charge on any atom is -0.341 e. The fourth-order valence-corrected chi connectivity index (χ4v) is 2.23. The van der Waals surface area contributed by atoms with Crippen LogP contribution >= 0.6 is 0 Å². The van der Waals surface area contributed by atoms with Crippen molar-refractivity contribution in [1.82, 2.24) is 4.90 Å². The Labute approximate surface area is 114 Å². The van der Waals surface area contributed by atoms with Gasteiger partial charge in [-0.3, -0.25) is 4.79 Å². The molecular weight excluding hydrogens is 274 g/mol. The van der Waals surface area contributed by atoms with Crippen LogP contribution in [0.5, 0.6) is 0 Å². The molecule has 0 N–H and O–H groups in total. The van der Waals surface area contributed by atoms with Crippen molar-refractivity contribution in [2.45, 2.75) is 31.4 Å². The van der Waals surface area contributed by atoms with Gasteiger partial charge in [0.2, 0.25) is 5.91 Å². The lowest BCUT2D eigenvalue weighted by atomic mass is 9.91. The van der Waals surface area contributed by atoms with Gasteiger partial charge in [-0.1, -0.05) is 12.1 Å². The molecule has 0 bridgehead atoms. The van der Waals surface area contributed by atoms with Gasteiger partial charge in [0.25, 0.3) is 0 Å². The number of alkyl halides is 3. The number of carbonyl (C=O) groups excluding carboxylic acids is 1. The first-order chi connectivity index (χ1) is 9.35. The Morgan fingerprint density at radius 3 is 2.35 bits per heavy atom. The van der Waals surface area contributed by atoms with Gasteiger partial charge in [0, 0.05) is 31.8 Å². The van der Waals surface area contributed by atoms with E-state index in [1.807, 2.05) is 0 Å². The molecule has 1 aromatic carbocycles. The Hall–Kier alpha value is -1.59. The molecular formula is C14H15F4NO. The van der Waals surface area contributed by atoms with Gasteiger partial charge in [0.15, 0.2) is 0 Å². The lowest BCUT2D eigenvalue weighted by Gasteiger charge is -2.39. The SMILES string of the molecule is O=C(CCCC(F)(F)F)N1CC(c2ccc(F)cc2)C1. The first kappa shape index (κ1) is 14.8. The predicted molar refractivity (Wildman–Crippen MR) is 65.6 cm³/mol. The number of hydrogen-bond acceptors (Lipinski definition) is 1. The average molecular weight is 289 g/mol. The summed E-state index contributed by atoms with van der Waals surface area (Å²) in [6, 6.07) is 6.07. The normalized spacial score (nSPS) is 16.1. The van der Waals surface area contributed by atoms with E-state index in [0.29, 0.717) is 13.1 Å². The Morgan fingerprint density at radius 2 is 1.80 bits per heavy atom. The van der Waals surface area contributed by atoms with Crippen LogP contribution in [0.25, 0.3) is 0 Å². The zero-order chi connectivity index (χ0) is 14.8. The summed E-state index contributed by atoms with van der Waals surface area (Å²) in [5.41, 5.74) is 0.950. The highest BCUT2D eigenvalue weighted by atomic mass is 19.4. The topological polar surface area (TPSA) is 20.3 Å². The molecule has 20 heavy (non-hydrogen) atoms. The Balaban J connectivity index is 1.73. The second-order valence-corrected chi connectivity index (χ2v) is 5.02. The van der Waals surface area contributed by atoms with Gasteiger partial charge in [0.1, 0.15) is 5.82 Å². The number of carbonyl (C=O) groups is 1. The first-order valence-electron chi connectivity index (χ1n) is 6.45. The molecule has 0 saturated carbocycles. The zero-order valence-electron chi connectivity index (χ0n) is 10.8. The van der Waals surface area contributed by atoms with Gasteiger partial charge in [-0.05, 0) is 24.1 Å². The minimum absolute atomic E-state index is 0.0738. The highest BCUT2D eigenvalue weighted by Gasteiger charge is 2.32. The van der Waals surface area contributed by atoms with Crippen molar-refractivity contribution in [3.05, 3.63) is 35.6 Å². The fourth-order valence-electron chi connectivity index (χ4n) is 2.23. The summed E-state index contributed by atoms with van der Waals surface area (Å²) in [7, 11) is 0. The van der Waals surface area contributed by atoms with Crippen LogP contribution in [0.2, 0.25) is 0 Å². The van der Waals surface area contributed by atoms with E-state index in [1.54, 1.807) is 17.0 Å². The van der Waals surface area contributed by atoms with Crippen molar-refractivity contribution in [1.29, 1.82) is 0 Å². The maximum Gasteiger partial charge on any atom is 0.389 e. The van der Waals surface area contributed by atoms with Gasteiger partial charge in [-0.25, -0.2) is 4.39 Å². The molecule has 0 unspecified atom stereocenters. The highest BCUT2D eigenvalue weighted by Crippen LogP contribution is 2.28. The number of rotatable bonds is 4. The molecule has 0 aliphatic carbocycles. The van der Waals surface area contributed by atoms with Gasteiger partial charge >= 0.3 is 6.18 Å². The molecule has 1 fully saturated rings. The van der Waals surface area contributed by atoms with E-state index in [1.165, 1.54) is 12.1 Å². The van der Waals surface area contributed by atoms with Crippen LogP contribution in [0.15, 0.2) is 24.3 Å². The van der Waals surface area contributed by atoms with E-state index < -0.39 is 12.6 Å². The van der Waals surface area contributed by atoms with Crippen molar-refractivity contribution in [2.75, 3.05) is 13.1 Å². The molecule has 2 rings (SSSR count). The zero-order valence-corrected chi connectivity index (χ0v) is 10.8. The Morgan fingerprint density at radius 1 is 1.20 bits per heavy atom. The smallest absolute Gasteiger partial charge is 0.341 e. The monoisotopic (exact) mass is 289 g/mol. The van der Waals surface area contributed by atoms with E-state index in [-0.39, 0.29) is 30.5 Å². The van der Waals surface area contributed by atoms with E-state index in [4.69, 9.17) is 0 Å². The van der Waals surface area contributed by atoms with Crippen LogP contribution in [-0.2, 0) is 4.79 Å². The third kappa shape index (κ3) is 3.95. The third-order valence-corrected chi connectivity index (χ3v) is 3.43. The molecule has 1 heterocycles. The second-order valence-electron chi connectivity index (χ2n) is 5.02. The summed E-state index contributed by atoms with van der Waals surface area (Å²) in [5, 5.41) is 0. The molecule has 0 aromatic heterocycles.